The molecule has 1 saturated heterocycles. The lowest BCUT2D eigenvalue weighted by Crippen LogP contribution is -2.17. The number of amides is 1. The molecule has 0 radical (unpaired) electrons. The van der Waals surface area contributed by atoms with E-state index in [0.29, 0.717) is 18.9 Å². The average Bonchev–Trinajstić information content (AvgIpc) is 2.76. The molecule has 0 spiro atoms. The molecule has 0 N–H and O–H groups in total. The molecule has 1 amide bonds. The summed E-state index contributed by atoms with van der Waals surface area (Å²) in [5, 5.41) is 0. The fraction of sp³-hybridized carbons (Fsp3) is 0.231. The Morgan fingerprint density at radius 3 is 2.83 bits per heavy atom. The minimum Gasteiger partial charge on any atom is -0.447 e. The molecule has 1 aromatic carbocycles. The highest BCUT2D eigenvalue weighted by Gasteiger charge is 2.18. The van der Waals surface area contributed by atoms with Gasteiger partial charge in [-0.15, -0.1) is 0 Å². The molecule has 1 fully saturated rings. The smallest absolute Gasteiger partial charge is 0.413 e. The lowest BCUT2D eigenvalue weighted by Gasteiger charge is -2.05. The summed E-state index contributed by atoms with van der Waals surface area (Å²) in [5.74, 6) is 0.140. The number of ether oxygens (including phenoxy) is 2. The van der Waals surface area contributed by atoms with Crippen LogP contribution in [0.3, 0.4) is 0 Å². The third kappa shape index (κ3) is 3.35. The van der Waals surface area contributed by atoms with Crippen LogP contribution in [0.2, 0.25) is 0 Å². The summed E-state index contributed by atoms with van der Waals surface area (Å²) in [6.45, 7) is 0.903. The van der Waals surface area contributed by atoms with E-state index in [4.69, 9.17) is 9.47 Å². The number of hydrogen-bond acceptors (Lipinski definition) is 4. The number of rotatable bonds is 4. The molecule has 18 heavy (non-hydrogen) atoms. The van der Waals surface area contributed by atoms with E-state index in [0.717, 1.165) is 0 Å². The maximum atomic E-state index is 11.5. The van der Waals surface area contributed by atoms with Gasteiger partial charge in [-0.05, 0) is 12.1 Å². The van der Waals surface area contributed by atoms with Crippen LogP contribution in [0.25, 0.3) is 0 Å². The first-order valence-electron chi connectivity index (χ1n) is 5.61. The van der Waals surface area contributed by atoms with Crippen LogP contribution < -0.4 is 4.74 Å². The number of benzene rings is 1. The van der Waals surface area contributed by atoms with Crippen molar-refractivity contribution in [3.63, 3.8) is 0 Å². The molecule has 0 aromatic heterocycles. The largest absolute Gasteiger partial charge is 0.447 e. The molecule has 0 unspecified atom stereocenters. The lowest BCUT2D eigenvalue weighted by atomic mass is 10.3. The average molecular weight is 247 g/mol. The van der Waals surface area contributed by atoms with Gasteiger partial charge in [0, 0.05) is 6.20 Å². The van der Waals surface area contributed by atoms with Gasteiger partial charge >= 0.3 is 12.1 Å². The van der Waals surface area contributed by atoms with E-state index in [1.807, 2.05) is 6.07 Å². The molecule has 5 heteroatoms. The summed E-state index contributed by atoms with van der Waals surface area (Å²) in [7, 11) is 0. The van der Waals surface area contributed by atoms with Crippen LogP contribution in [0, 0.1) is 0 Å². The molecule has 1 aromatic rings. The van der Waals surface area contributed by atoms with E-state index in [9.17, 15) is 9.59 Å². The third-order valence-electron chi connectivity index (χ3n) is 2.34. The quantitative estimate of drug-likeness (QED) is 0.602. The normalized spacial score (nSPS) is 14.9. The van der Waals surface area contributed by atoms with Crippen LogP contribution in [-0.4, -0.2) is 30.1 Å². The van der Waals surface area contributed by atoms with Gasteiger partial charge in [0.2, 0.25) is 0 Å². The predicted molar refractivity (Wildman–Crippen MR) is 63.9 cm³/mol. The van der Waals surface area contributed by atoms with Gasteiger partial charge < -0.3 is 9.47 Å². The molecule has 1 heterocycles. The predicted octanol–water partition coefficient (Wildman–Crippen LogP) is 1.95. The highest BCUT2D eigenvalue weighted by atomic mass is 16.6. The summed E-state index contributed by atoms with van der Waals surface area (Å²) in [6.07, 6.45) is 2.85. The number of cyclic esters (lactones) is 1. The molecule has 1 aliphatic heterocycles. The minimum absolute atomic E-state index is 0.110. The van der Waals surface area contributed by atoms with E-state index in [-0.39, 0.29) is 18.5 Å². The van der Waals surface area contributed by atoms with E-state index in [1.165, 1.54) is 4.90 Å². The van der Waals surface area contributed by atoms with Gasteiger partial charge in [-0.1, -0.05) is 24.3 Å². The fourth-order valence-electron chi connectivity index (χ4n) is 1.48. The van der Waals surface area contributed by atoms with Crippen LogP contribution in [-0.2, 0) is 9.53 Å². The van der Waals surface area contributed by atoms with Gasteiger partial charge in [-0.3, -0.25) is 9.69 Å². The topological polar surface area (TPSA) is 55.8 Å². The molecule has 2 rings (SSSR count). The standard InChI is InChI=1S/C13H13NO4/c15-12(18-11-5-2-1-3-6-11)7-4-8-14-9-10-17-13(14)16/h1-6,8H,7,9-10H2/b8-4+. The molecule has 5 nitrogen and oxygen atoms in total. The van der Waals surface area contributed by atoms with E-state index >= 15 is 0 Å². The van der Waals surface area contributed by atoms with Crippen molar-refractivity contribution in [2.75, 3.05) is 13.2 Å². The summed E-state index contributed by atoms with van der Waals surface area (Å²) in [6, 6.07) is 8.84. The Balaban J connectivity index is 1.78. The van der Waals surface area contributed by atoms with Gasteiger partial charge in [0.25, 0.3) is 0 Å². The molecular formula is C13H13NO4. The van der Waals surface area contributed by atoms with Crippen molar-refractivity contribution in [3.8, 4) is 5.75 Å². The second-order valence-corrected chi connectivity index (χ2v) is 3.68. The Labute approximate surface area is 105 Å². The van der Waals surface area contributed by atoms with Crippen molar-refractivity contribution >= 4 is 12.1 Å². The maximum Gasteiger partial charge on any atom is 0.413 e. The van der Waals surface area contributed by atoms with Gasteiger partial charge in [-0.25, -0.2) is 4.79 Å². The number of hydrogen-bond donors (Lipinski definition) is 0. The number of nitrogens with zero attached hydrogens (tertiary/aromatic N) is 1. The third-order valence-corrected chi connectivity index (χ3v) is 2.34. The lowest BCUT2D eigenvalue weighted by molar-refractivity contribution is -0.133. The Morgan fingerprint density at radius 2 is 2.17 bits per heavy atom. The van der Waals surface area contributed by atoms with Gasteiger partial charge in [0.05, 0.1) is 13.0 Å². The minimum atomic E-state index is -0.386. The summed E-state index contributed by atoms with van der Waals surface area (Å²) >= 11 is 0. The summed E-state index contributed by atoms with van der Waals surface area (Å²) in [4.78, 5) is 23.9. The van der Waals surface area contributed by atoms with Gasteiger partial charge in [-0.2, -0.15) is 0 Å². The Hall–Kier alpha value is -2.30. The Morgan fingerprint density at radius 1 is 1.39 bits per heavy atom. The first-order chi connectivity index (χ1) is 8.75. The number of para-hydroxylation sites is 1. The van der Waals surface area contributed by atoms with Crippen LogP contribution in [0.15, 0.2) is 42.6 Å². The molecular weight excluding hydrogens is 234 g/mol. The van der Waals surface area contributed by atoms with Crippen molar-refractivity contribution in [2.45, 2.75) is 6.42 Å². The highest BCUT2D eigenvalue weighted by Crippen LogP contribution is 2.09. The van der Waals surface area contributed by atoms with Crippen molar-refractivity contribution < 1.29 is 19.1 Å². The van der Waals surface area contributed by atoms with Crippen molar-refractivity contribution in [2.24, 2.45) is 0 Å². The second-order valence-electron chi connectivity index (χ2n) is 3.68. The van der Waals surface area contributed by atoms with E-state index in [1.54, 1.807) is 36.5 Å². The fourth-order valence-corrected chi connectivity index (χ4v) is 1.48. The van der Waals surface area contributed by atoms with E-state index < -0.39 is 0 Å². The molecule has 0 aliphatic carbocycles. The summed E-state index contributed by atoms with van der Waals surface area (Å²) in [5.41, 5.74) is 0. The van der Waals surface area contributed by atoms with Gasteiger partial charge in [0.1, 0.15) is 12.4 Å². The van der Waals surface area contributed by atoms with Crippen LogP contribution in [0.4, 0.5) is 4.79 Å². The number of carbonyl (C=O) groups excluding carboxylic acids is 2. The zero-order valence-corrected chi connectivity index (χ0v) is 9.74. The first-order valence-corrected chi connectivity index (χ1v) is 5.61. The molecule has 1 aliphatic rings. The van der Waals surface area contributed by atoms with Crippen molar-refractivity contribution in [1.82, 2.24) is 4.90 Å². The molecule has 0 saturated carbocycles. The van der Waals surface area contributed by atoms with Crippen LogP contribution >= 0.6 is 0 Å². The number of esters is 1. The van der Waals surface area contributed by atoms with Gasteiger partial charge in [0.15, 0.2) is 0 Å². The van der Waals surface area contributed by atoms with Crippen LogP contribution in [0.1, 0.15) is 6.42 Å². The Bertz CT molecular complexity index is 455. The zero-order chi connectivity index (χ0) is 12.8. The Kier molecular flexibility index (Phi) is 3.96. The SMILES string of the molecule is O=C(C/C=C/N1CCOC1=O)Oc1ccccc1. The first kappa shape index (κ1) is 12.2. The number of carbonyl (C=O) groups is 2. The molecule has 0 atom stereocenters. The second kappa shape index (κ2) is 5.86. The van der Waals surface area contributed by atoms with Crippen LogP contribution in [0.5, 0.6) is 5.75 Å². The monoisotopic (exact) mass is 247 g/mol. The highest BCUT2D eigenvalue weighted by molar-refractivity contribution is 5.74. The molecule has 94 valence electrons. The maximum absolute atomic E-state index is 11.5. The summed E-state index contributed by atoms with van der Waals surface area (Å²) < 4.78 is 9.82. The molecule has 0 bridgehead atoms. The zero-order valence-electron chi connectivity index (χ0n) is 9.74. The van der Waals surface area contributed by atoms with E-state index in [2.05, 4.69) is 0 Å². The van der Waals surface area contributed by atoms with Crippen molar-refractivity contribution in [3.05, 3.63) is 42.6 Å². The van der Waals surface area contributed by atoms with Crippen molar-refractivity contribution in [1.29, 1.82) is 0 Å².